The van der Waals surface area contributed by atoms with Gasteiger partial charge in [-0.3, -0.25) is 0 Å². The van der Waals surface area contributed by atoms with Gasteiger partial charge in [0.2, 0.25) is 0 Å². The molecule has 9 nitrogen and oxygen atoms in total. The summed E-state index contributed by atoms with van der Waals surface area (Å²) in [6.07, 6.45) is -4.24. The van der Waals surface area contributed by atoms with E-state index in [9.17, 15) is 10.1 Å². The predicted octanol–water partition coefficient (Wildman–Crippen LogP) is 1.00. The molecule has 5 aliphatic heterocycles. The van der Waals surface area contributed by atoms with Gasteiger partial charge in [0, 0.05) is 16.7 Å². The van der Waals surface area contributed by atoms with Crippen LogP contribution in [0.3, 0.4) is 0 Å². The van der Waals surface area contributed by atoms with Crippen molar-refractivity contribution in [3.63, 3.8) is 0 Å². The number of rotatable bonds is 0. The first-order chi connectivity index (χ1) is 20.5. The minimum absolute atomic E-state index is 0.214. The molecule has 0 saturated carbocycles. The van der Waals surface area contributed by atoms with Gasteiger partial charge in [-0.2, -0.15) is 0 Å². The standard InChI is InChI=1S/C32H41B2N2O7/c1-35(2)17-22-13-15-23(16-14-22)18-36(3,4)20-25-10-6-8-12-27(25)34(38)42-31-29(37)30-28(40-32(31)43-34)21-39-33(41-30)26-11-7-5-9-24(26)19-35/h5-16,28-32,37-38H,17-21H2,1-4H3/q+1/t28?,29?,30-,31+,32-,34-/m0/s1. The summed E-state index contributed by atoms with van der Waals surface area (Å²) in [6.45, 7) is 0.379. The molecule has 2 N–H and O–H groups in total. The second kappa shape index (κ2) is 10.8. The van der Waals surface area contributed by atoms with E-state index in [1.54, 1.807) is 0 Å². The van der Waals surface area contributed by atoms with E-state index in [-0.39, 0.29) is 6.61 Å². The van der Waals surface area contributed by atoms with Crippen LogP contribution < -0.4 is 10.9 Å². The summed E-state index contributed by atoms with van der Waals surface area (Å²) < 4.78 is 32.6. The molecule has 6 atom stereocenters. The Kier molecular flexibility index (Phi) is 7.32. The van der Waals surface area contributed by atoms with E-state index in [1.807, 2.05) is 42.5 Å². The van der Waals surface area contributed by atoms with E-state index < -0.39 is 44.6 Å². The minimum Gasteiger partial charge on any atom is -0.555 e. The molecular formula is C32H41B2N2O7+. The van der Waals surface area contributed by atoms with Crippen molar-refractivity contribution >= 4 is 24.8 Å². The fraction of sp³-hybridized carbons (Fsp3) is 0.438. The van der Waals surface area contributed by atoms with Crippen molar-refractivity contribution in [2.45, 2.75) is 56.9 Å². The lowest BCUT2D eigenvalue weighted by Gasteiger charge is -2.46. The van der Waals surface area contributed by atoms with Crippen molar-refractivity contribution in [3.8, 4) is 0 Å². The van der Waals surface area contributed by atoms with Gasteiger partial charge in [0.15, 0.2) is 0 Å². The van der Waals surface area contributed by atoms with E-state index in [4.69, 9.17) is 23.4 Å². The molecule has 3 aromatic carbocycles. The Morgan fingerprint density at radius 2 is 1.35 bits per heavy atom. The lowest BCUT2D eigenvalue weighted by Crippen LogP contribution is -2.64. The van der Waals surface area contributed by atoms with Gasteiger partial charge in [0.25, 0.3) is 0 Å². The third-order valence-corrected chi connectivity index (χ3v) is 9.17. The number of fused-ring (bicyclic) bond motifs is 6. The Labute approximate surface area is 253 Å². The molecule has 3 aromatic rings. The Balaban J connectivity index is 1.28. The molecule has 2 unspecified atom stereocenters. The first-order valence-corrected chi connectivity index (χ1v) is 15.2. The van der Waals surface area contributed by atoms with Crippen LogP contribution in [0.4, 0.5) is 0 Å². The van der Waals surface area contributed by atoms with Crippen LogP contribution >= 0.6 is 0 Å². The molecule has 5 heterocycles. The Bertz CT molecular complexity index is 1490. The van der Waals surface area contributed by atoms with Gasteiger partial charge in [0.1, 0.15) is 44.7 Å². The molecule has 226 valence electrons. The van der Waals surface area contributed by atoms with Gasteiger partial charge < -0.3 is 42.5 Å². The normalized spacial score (nSPS) is 33.1. The van der Waals surface area contributed by atoms with Crippen LogP contribution in [0.5, 0.6) is 0 Å². The van der Waals surface area contributed by atoms with Gasteiger partial charge in [-0.25, -0.2) is 0 Å². The number of benzene rings is 3. The van der Waals surface area contributed by atoms with Gasteiger partial charge >= 0.3 is 13.9 Å². The van der Waals surface area contributed by atoms with E-state index in [0.29, 0.717) is 16.5 Å². The van der Waals surface area contributed by atoms with E-state index >= 15 is 0 Å². The first kappa shape index (κ1) is 29.2. The van der Waals surface area contributed by atoms with Gasteiger partial charge in [-0.05, 0) is 11.0 Å². The number of ether oxygens (including phenoxy) is 1. The smallest absolute Gasteiger partial charge is 0.494 e. The third-order valence-electron chi connectivity index (χ3n) is 9.17. The van der Waals surface area contributed by atoms with Crippen molar-refractivity contribution < 1.29 is 42.5 Å². The van der Waals surface area contributed by atoms with Gasteiger partial charge in [0.05, 0.1) is 47.0 Å². The van der Waals surface area contributed by atoms with Crippen molar-refractivity contribution in [3.05, 3.63) is 95.1 Å². The monoisotopic (exact) mass is 587 g/mol. The van der Waals surface area contributed by atoms with Gasteiger partial charge in [-0.1, -0.05) is 72.8 Å². The molecule has 8 rings (SSSR count). The molecule has 3 fully saturated rings. The van der Waals surface area contributed by atoms with Crippen molar-refractivity contribution in [2.75, 3.05) is 34.8 Å². The number of aliphatic hydroxyl groups is 1. The minimum atomic E-state index is -2.92. The molecule has 6 bridgehead atoms. The van der Waals surface area contributed by atoms with Crippen molar-refractivity contribution in [1.82, 2.24) is 0 Å². The summed E-state index contributed by atoms with van der Waals surface area (Å²) >= 11 is 0. The zero-order chi connectivity index (χ0) is 30.0. The van der Waals surface area contributed by atoms with Crippen LogP contribution in [0.15, 0.2) is 72.8 Å². The second-order valence-corrected chi connectivity index (χ2v) is 13.9. The summed E-state index contributed by atoms with van der Waals surface area (Å²) in [5.41, 5.74) is 6.04. The molecule has 0 aliphatic carbocycles. The van der Waals surface area contributed by atoms with Crippen LogP contribution in [0.2, 0.25) is 0 Å². The van der Waals surface area contributed by atoms with E-state index in [2.05, 4.69) is 58.5 Å². The summed E-state index contributed by atoms with van der Waals surface area (Å²) in [4.78, 5) is 0. The summed E-state index contributed by atoms with van der Waals surface area (Å²) in [5.74, 6) is 0. The maximum Gasteiger partial charge on any atom is 0.494 e. The summed E-state index contributed by atoms with van der Waals surface area (Å²) in [6, 6.07) is 24.7. The first-order valence-electron chi connectivity index (χ1n) is 15.2. The highest BCUT2D eigenvalue weighted by atomic mass is 16.8. The average molecular weight is 587 g/mol. The van der Waals surface area contributed by atoms with Gasteiger partial charge in [-0.15, -0.1) is 5.46 Å². The van der Waals surface area contributed by atoms with E-state index in [0.717, 1.165) is 40.7 Å². The molecule has 3 saturated heterocycles. The lowest BCUT2D eigenvalue weighted by atomic mass is 9.67. The number of nitrogens with zero attached hydrogens (tertiary/aromatic N) is 2. The molecule has 5 aliphatic rings. The Hall–Kier alpha value is -2.57. The predicted molar refractivity (Wildman–Crippen MR) is 163 cm³/mol. The highest BCUT2D eigenvalue weighted by Crippen LogP contribution is 2.37. The lowest BCUT2D eigenvalue weighted by molar-refractivity contribution is -0.917. The summed E-state index contributed by atoms with van der Waals surface area (Å²) in [7, 11) is 8.14. The Morgan fingerprint density at radius 3 is 2.05 bits per heavy atom. The zero-order valence-electron chi connectivity index (χ0n) is 25.3. The SMILES string of the molecule is C[N+]1(C)Cc2ccc(cc2)C[N+](C)(C)Cc2ccccc2[B@@-]2(O)O[C@@H]3OC4COB(O[C@@H]4C(O)[C@H]3O2)c2ccccc2C1. The van der Waals surface area contributed by atoms with Crippen molar-refractivity contribution in [2.24, 2.45) is 0 Å². The third kappa shape index (κ3) is 5.70. The highest BCUT2D eigenvalue weighted by molar-refractivity contribution is 6.75. The molecular weight excluding hydrogens is 546 g/mol. The zero-order valence-corrected chi connectivity index (χ0v) is 25.3. The molecule has 0 radical (unpaired) electrons. The topological polar surface area (TPSA) is 86.6 Å². The molecule has 11 heteroatoms. The summed E-state index contributed by atoms with van der Waals surface area (Å²) in [5, 5.41) is 23.4. The van der Waals surface area contributed by atoms with Crippen molar-refractivity contribution in [1.29, 1.82) is 0 Å². The molecule has 0 aromatic heterocycles. The molecule has 43 heavy (non-hydrogen) atoms. The maximum absolute atomic E-state index is 11.8. The van der Waals surface area contributed by atoms with Crippen LogP contribution in [-0.4, -0.2) is 98.5 Å². The number of quaternary nitrogens is 2. The van der Waals surface area contributed by atoms with E-state index in [1.165, 1.54) is 11.1 Å². The fourth-order valence-electron chi connectivity index (χ4n) is 7.27. The number of aliphatic hydroxyl groups excluding tert-OH is 1. The van der Waals surface area contributed by atoms with Crippen LogP contribution in [-0.2, 0) is 49.5 Å². The quantitative estimate of drug-likeness (QED) is 0.300. The molecule has 0 amide bonds. The largest absolute Gasteiger partial charge is 0.555 e. The maximum atomic E-state index is 11.8. The second-order valence-electron chi connectivity index (χ2n) is 13.9. The number of hydrogen-bond donors (Lipinski definition) is 2. The van der Waals surface area contributed by atoms with Crippen LogP contribution in [0.1, 0.15) is 22.3 Å². The number of hydrogen-bond acceptors (Lipinski definition) is 7. The highest BCUT2D eigenvalue weighted by Gasteiger charge is 2.56. The van der Waals surface area contributed by atoms with Crippen LogP contribution in [0.25, 0.3) is 0 Å². The fourth-order valence-corrected chi connectivity index (χ4v) is 7.27. The van der Waals surface area contributed by atoms with Crippen LogP contribution in [0, 0.1) is 0 Å². The molecule has 0 spiro atoms. The average Bonchev–Trinajstić information content (AvgIpc) is 3.31. The Morgan fingerprint density at radius 1 is 0.744 bits per heavy atom.